The van der Waals surface area contributed by atoms with Crippen LogP contribution >= 0.6 is 0 Å². The molecule has 0 unspecified atom stereocenters. The summed E-state index contributed by atoms with van der Waals surface area (Å²) in [6.07, 6.45) is 8.64. The molecule has 32 heavy (non-hydrogen) atoms. The predicted octanol–water partition coefficient (Wildman–Crippen LogP) is 2.66. The van der Waals surface area contributed by atoms with E-state index in [0.717, 1.165) is 0 Å². The smallest absolute Gasteiger partial charge is 0.323 e. The molecule has 0 spiro atoms. The second-order valence-electron chi connectivity index (χ2n) is 8.25. The van der Waals surface area contributed by atoms with Crippen LogP contribution in [0.25, 0.3) is 0 Å². The molecule has 0 aromatic heterocycles. The molecule has 0 bridgehead atoms. The summed E-state index contributed by atoms with van der Waals surface area (Å²) in [7, 11) is 3.62. The normalized spacial score (nSPS) is 29.5. The minimum Gasteiger partial charge on any atom is -0.468 e. The molecule has 0 radical (unpaired) electrons. The third-order valence-electron chi connectivity index (χ3n) is 6.38. The minimum atomic E-state index is -1.55. The molecule has 8 heteroatoms. The average Bonchev–Trinajstić information content (AvgIpc) is 3.09. The van der Waals surface area contributed by atoms with Crippen molar-refractivity contribution in [2.75, 3.05) is 21.3 Å². The Balaban J connectivity index is 2.54. The SMILES string of the molecule is COC(=O)C1(C(=O)OC)C/C=C/C=C\[C@@H]2CCC(=O)[C@@]2(C(=O)OC)CC(=O)/C=C(/C)CC1. The number of hydrogen-bond acceptors (Lipinski definition) is 8. The molecular formula is C24H30O8. The number of rotatable bonds is 3. The van der Waals surface area contributed by atoms with Gasteiger partial charge in [0.15, 0.2) is 17.0 Å². The van der Waals surface area contributed by atoms with E-state index in [4.69, 9.17) is 14.2 Å². The van der Waals surface area contributed by atoms with Crippen LogP contribution in [0.15, 0.2) is 36.0 Å². The molecule has 8 nitrogen and oxygen atoms in total. The monoisotopic (exact) mass is 446 g/mol. The van der Waals surface area contributed by atoms with Crippen molar-refractivity contribution >= 4 is 29.5 Å². The Labute approximate surface area is 187 Å². The van der Waals surface area contributed by atoms with Gasteiger partial charge in [-0.25, -0.2) is 0 Å². The maximum atomic E-state index is 12.9. The molecule has 0 aliphatic heterocycles. The lowest BCUT2D eigenvalue weighted by Crippen LogP contribution is -2.43. The summed E-state index contributed by atoms with van der Waals surface area (Å²) in [5.41, 5.74) is -2.49. The molecule has 2 aliphatic rings. The Kier molecular flexibility index (Phi) is 8.30. The average molecular weight is 446 g/mol. The van der Waals surface area contributed by atoms with E-state index in [0.29, 0.717) is 12.0 Å². The molecule has 2 atom stereocenters. The van der Waals surface area contributed by atoms with Gasteiger partial charge < -0.3 is 14.2 Å². The van der Waals surface area contributed by atoms with Gasteiger partial charge in [0.1, 0.15) is 5.41 Å². The van der Waals surface area contributed by atoms with Crippen LogP contribution in [0, 0.1) is 16.7 Å². The van der Waals surface area contributed by atoms with Crippen molar-refractivity contribution in [2.24, 2.45) is 16.7 Å². The van der Waals surface area contributed by atoms with Crippen LogP contribution < -0.4 is 0 Å². The number of fused-ring (bicyclic) bond motifs is 1. The predicted molar refractivity (Wildman–Crippen MR) is 114 cm³/mol. The summed E-state index contributed by atoms with van der Waals surface area (Å²) in [5.74, 6) is -3.33. The maximum Gasteiger partial charge on any atom is 0.323 e. The molecule has 0 saturated heterocycles. The van der Waals surface area contributed by atoms with Gasteiger partial charge in [0, 0.05) is 18.8 Å². The van der Waals surface area contributed by atoms with Gasteiger partial charge in [0.25, 0.3) is 0 Å². The second kappa shape index (κ2) is 10.5. The van der Waals surface area contributed by atoms with E-state index in [-0.39, 0.29) is 37.9 Å². The highest BCUT2D eigenvalue weighted by molar-refractivity contribution is 6.10. The topological polar surface area (TPSA) is 113 Å². The fraction of sp³-hybridized carbons (Fsp3) is 0.542. The molecule has 2 aliphatic carbocycles. The first kappa shape index (κ1) is 25.2. The van der Waals surface area contributed by atoms with E-state index in [1.807, 2.05) is 0 Å². The number of allylic oxidation sites excluding steroid dienone is 6. The van der Waals surface area contributed by atoms with Gasteiger partial charge in [-0.2, -0.15) is 0 Å². The summed E-state index contributed by atoms with van der Waals surface area (Å²) >= 11 is 0. The molecule has 0 heterocycles. The van der Waals surface area contributed by atoms with Crippen LogP contribution in [0.5, 0.6) is 0 Å². The quantitative estimate of drug-likeness (QED) is 0.369. The Bertz CT molecular complexity index is 862. The Morgan fingerprint density at radius 2 is 1.56 bits per heavy atom. The third kappa shape index (κ3) is 4.74. The summed E-state index contributed by atoms with van der Waals surface area (Å²) in [6.45, 7) is 1.69. The van der Waals surface area contributed by atoms with E-state index < -0.39 is 40.4 Å². The maximum absolute atomic E-state index is 12.9. The summed E-state index contributed by atoms with van der Waals surface area (Å²) in [4.78, 5) is 63.5. The molecule has 0 N–H and O–H groups in total. The molecule has 0 aromatic carbocycles. The van der Waals surface area contributed by atoms with Crippen LogP contribution in [0.3, 0.4) is 0 Å². The Morgan fingerprint density at radius 3 is 2.16 bits per heavy atom. The second-order valence-corrected chi connectivity index (χ2v) is 8.25. The zero-order valence-corrected chi connectivity index (χ0v) is 19.0. The van der Waals surface area contributed by atoms with Crippen molar-refractivity contribution in [3.8, 4) is 0 Å². The number of Topliss-reactive ketones (excluding diaryl/α,β-unsaturated/α-hetero) is 1. The summed E-state index contributed by atoms with van der Waals surface area (Å²) in [5, 5.41) is 0. The van der Waals surface area contributed by atoms with E-state index in [2.05, 4.69) is 0 Å². The first-order chi connectivity index (χ1) is 15.2. The zero-order valence-electron chi connectivity index (χ0n) is 19.0. The van der Waals surface area contributed by atoms with Crippen molar-refractivity contribution in [3.63, 3.8) is 0 Å². The van der Waals surface area contributed by atoms with Crippen LogP contribution in [0.2, 0.25) is 0 Å². The number of carbonyl (C=O) groups excluding carboxylic acids is 5. The van der Waals surface area contributed by atoms with Gasteiger partial charge in [-0.3, -0.25) is 24.0 Å². The number of ether oxygens (including phenoxy) is 3. The highest BCUT2D eigenvalue weighted by atomic mass is 16.5. The van der Waals surface area contributed by atoms with E-state index in [1.165, 1.54) is 27.4 Å². The molecular weight excluding hydrogens is 416 g/mol. The Morgan fingerprint density at radius 1 is 0.938 bits per heavy atom. The highest BCUT2D eigenvalue weighted by Crippen LogP contribution is 2.46. The van der Waals surface area contributed by atoms with Crippen molar-refractivity contribution in [1.29, 1.82) is 0 Å². The molecule has 1 saturated carbocycles. The number of esters is 3. The van der Waals surface area contributed by atoms with Crippen molar-refractivity contribution in [1.82, 2.24) is 0 Å². The first-order valence-electron chi connectivity index (χ1n) is 10.5. The molecule has 2 rings (SSSR count). The zero-order chi connectivity index (χ0) is 23.9. The number of carbonyl (C=O) groups is 5. The minimum absolute atomic E-state index is 0.0314. The highest BCUT2D eigenvalue weighted by Gasteiger charge is 2.56. The van der Waals surface area contributed by atoms with Crippen LogP contribution in [0.1, 0.15) is 45.4 Å². The van der Waals surface area contributed by atoms with Crippen molar-refractivity contribution < 1.29 is 38.2 Å². The van der Waals surface area contributed by atoms with E-state index >= 15 is 0 Å². The molecule has 1 fully saturated rings. The van der Waals surface area contributed by atoms with Crippen LogP contribution in [0.4, 0.5) is 0 Å². The van der Waals surface area contributed by atoms with Gasteiger partial charge in [0.05, 0.1) is 21.3 Å². The molecule has 0 aromatic rings. The van der Waals surface area contributed by atoms with Crippen LogP contribution in [-0.2, 0) is 38.2 Å². The van der Waals surface area contributed by atoms with Crippen LogP contribution in [-0.4, -0.2) is 50.8 Å². The van der Waals surface area contributed by atoms with Gasteiger partial charge in [-0.05, 0) is 38.7 Å². The van der Waals surface area contributed by atoms with Gasteiger partial charge in [-0.1, -0.05) is 29.9 Å². The lowest BCUT2D eigenvalue weighted by molar-refractivity contribution is -0.169. The number of methoxy groups -OCH3 is 3. The lowest BCUT2D eigenvalue weighted by Gasteiger charge is -2.29. The van der Waals surface area contributed by atoms with Crippen molar-refractivity contribution in [3.05, 3.63) is 36.0 Å². The third-order valence-corrected chi connectivity index (χ3v) is 6.38. The fourth-order valence-corrected chi connectivity index (χ4v) is 4.55. The summed E-state index contributed by atoms with van der Waals surface area (Å²) in [6, 6.07) is 0. The Hall–Kier alpha value is -3.03. The van der Waals surface area contributed by atoms with E-state index in [1.54, 1.807) is 31.2 Å². The standard InChI is InChI=1S/C24H30O8/c1-16-11-13-23(20(27)30-2,21(28)31-3)12-7-5-6-8-17-9-10-19(26)24(17,22(29)32-4)15-18(25)14-16/h5-8,14,17H,9-13,15H2,1-4H3/b7-5+,8-6-,16-14-/t17-,24-/m1/s1. The van der Waals surface area contributed by atoms with E-state index in [9.17, 15) is 24.0 Å². The summed E-state index contributed by atoms with van der Waals surface area (Å²) < 4.78 is 14.7. The van der Waals surface area contributed by atoms with Crippen molar-refractivity contribution in [2.45, 2.75) is 45.4 Å². The fourth-order valence-electron chi connectivity index (χ4n) is 4.55. The molecule has 0 amide bonds. The number of hydrogen-bond donors (Lipinski definition) is 0. The first-order valence-corrected chi connectivity index (χ1v) is 10.5. The lowest BCUT2D eigenvalue weighted by atomic mass is 9.72. The largest absolute Gasteiger partial charge is 0.468 e. The van der Waals surface area contributed by atoms with Gasteiger partial charge in [-0.15, -0.1) is 0 Å². The number of ketones is 2. The van der Waals surface area contributed by atoms with Gasteiger partial charge in [0.2, 0.25) is 0 Å². The molecule has 174 valence electrons. The van der Waals surface area contributed by atoms with Gasteiger partial charge >= 0.3 is 17.9 Å².